The Morgan fingerprint density at radius 2 is 1.80 bits per heavy atom. The van der Waals surface area contributed by atoms with E-state index in [2.05, 4.69) is 15.0 Å². The van der Waals surface area contributed by atoms with Crippen molar-refractivity contribution in [2.75, 3.05) is 5.32 Å². The average Bonchev–Trinajstić information content (AvgIpc) is 2.80. The molecule has 184 valence electrons. The van der Waals surface area contributed by atoms with Crippen LogP contribution in [0.2, 0.25) is 5.02 Å². The number of anilines is 1. The number of hydrogen-bond acceptors (Lipinski definition) is 7. The summed E-state index contributed by atoms with van der Waals surface area (Å²) in [5.74, 6) is -0.665. The second kappa shape index (κ2) is 10.9. The minimum absolute atomic E-state index is 0.0366. The summed E-state index contributed by atoms with van der Waals surface area (Å²) in [6, 6.07) is 11.5. The van der Waals surface area contributed by atoms with E-state index in [0.717, 1.165) is 33.2 Å². The van der Waals surface area contributed by atoms with Crippen LogP contribution in [0.3, 0.4) is 0 Å². The van der Waals surface area contributed by atoms with Gasteiger partial charge in [-0.25, -0.2) is 4.79 Å². The Balaban J connectivity index is 1.92. The zero-order valence-corrected chi connectivity index (χ0v) is 18.8. The van der Waals surface area contributed by atoms with Crippen LogP contribution in [0.1, 0.15) is 5.56 Å². The molecule has 3 aromatic rings. The van der Waals surface area contributed by atoms with Crippen molar-refractivity contribution in [2.45, 2.75) is 19.5 Å². The summed E-state index contributed by atoms with van der Waals surface area (Å²) in [6.07, 6.45) is -3.60. The van der Waals surface area contributed by atoms with E-state index in [4.69, 9.17) is 16.3 Å². The number of hydrogen-bond donors (Lipinski definition) is 1. The summed E-state index contributed by atoms with van der Waals surface area (Å²) >= 11 is 5.88. The van der Waals surface area contributed by atoms with Crippen LogP contribution in [-0.2, 0) is 24.9 Å². The van der Waals surface area contributed by atoms with Gasteiger partial charge in [0.25, 0.3) is 5.56 Å². The summed E-state index contributed by atoms with van der Waals surface area (Å²) in [6.45, 7) is -0.306. The molecule has 0 saturated heterocycles. The van der Waals surface area contributed by atoms with E-state index in [0.29, 0.717) is 11.3 Å². The first-order valence-electron chi connectivity index (χ1n) is 9.90. The average molecular weight is 511 g/mol. The van der Waals surface area contributed by atoms with Gasteiger partial charge in [0.1, 0.15) is 23.5 Å². The molecule has 0 fully saturated rings. The molecule has 0 spiro atoms. The molecule has 2 aromatic carbocycles. The van der Waals surface area contributed by atoms with Crippen LogP contribution < -0.4 is 26.0 Å². The Morgan fingerprint density at radius 1 is 1.11 bits per heavy atom. The molecule has 3 rings (SSSR count). The number of carbonyl (C=O) groups excluding carboxylic acids is 1. The number of halogens is 4. The van der Waals surface area contributed by atoms with Gasteiger partial charge >= 0.3 is 12.1 Å². The van der Waals surface area contributed by atoms with Crippen LogP contribution in [0.25, 0.3) is 0 Å². The minimum Gasteiger partial charge on any atom is -0.446 e. The Kier molecular flexibility index (Phi) is 7.97. The fraction of sp³-hybridized carbons (Fsp3) is 0.182. The fourth-order valence-corrected chi connectivity index (χ4v) is 3.10. The van der Waals surface area contributed by atoms with Gasteiger partial charge in [0.15, 0.2) is 12.2 Å². The summed E-state index contributed by atoms with van der Waals surface area (Å²) < 4.78 is 48.1. The maximum Gasteiger partial charge on any atom is 0.573 e. The number of aromatic nitrogens is 2. The summed E-state index contributed by atoms with van der Waals surface area (Å²) in [5.41, 5.74) is -0.927. The van der Waals surface area contributed by atoms with Crippen molar-refractivity contribution in [3.63, 3.8) is 0 Å². The Labute approximate surface area is 201 Å². The second-order valence-electron chi connectivity index (χ2n) is 6.98. The normalized spacial score (nSPS) is 11.5. The molecule has 0 atom stereocenters. The highest BCUT2D eigenvalue weighted by Crippen LogP contribution is 2.26. The molecule has 1 N–H and O–H groups in total. The number of ether oxygens (including phenoxy) is 2. The lowest BCUT2D eigenvalue weighted by Crippen LogP contribution is -2.40. The van der Waals surface area contributed by atoms with Crippen LogP contribution in [0, 0.1) is 0 Å². The first kappa shape index (κ1) is 25.6. The zero-order valence-electron chi connectivity index (χ0n) is 18.1. The van der Waals surface area contributed by atoms with Gasteiger partial charge in [0.05, 0.1) is 6.54 Å². The summed E-state index contributed by atoms with van der Waals surface area (Å²) in [4.78, 5) is 40.5. The molecule has 0 amide bonds. The van der Waals surface area contributed by atoms with Gasteiger partial charge < -0.3 is 19.6 Å². The monoisotopic (exact) mass is 510 g/mol. The third kappa shape index (κ3) is 6.73. The molecule has 0 unspecified atom stereocenters. The van der Waals surface area contributed by atoms with E-state index in [1.54, 1.807) is 24.3 Å². The quantitative estimate of drug-likeness (QED) is 0.268. The third-order valence-electron chi connectivity index (χ3n) is 4.56. The van der Waals surface area contributed by atoms with Crippen molar-refractivity contribution in [1.29, 1.82) is 0 Å². The first-order chi connectivity index (χ1) is 16.6. The van der Waals surface area contributed by atoms with Crippen molar-refractivity contribution < 1.29 is 27.4 Å². The number of aldehydes is 1. The third-order valence-corrected chi connectivity index (χ3v) is 4.81. The number of aliphatic imine (C=N–C) groups is 1. The molecule has 0 aliphatic heterocycles. The van der Waals surface area contributed by atoms with E-state index in [1.807, 2.05) is 0 Å². The molecule has 1 heterocycles. The van der Waals surface area contributed by atoms with Crippen molar-refractivity contribution in [3.05, 3.63) is 80.0 Å². The SMILES string of the molecule is Cn1c(/N=C/Oc2cccc(OC(F)(F)F)c2)c(NCc2ccc(Cl)cc2)c(=O)n(CC=O)c1=O. The van der Waals surface area contributed by atoms with Gasteiger partial charge in [-0.05, 0) is 29.8 Å². The molecule has 0 bridgehead atoms. The molecule has 0 aliphatic rings. The zero-order chi connectivity index (χ0) is 25.6. The van der Waals surface area contributed by atoms with Crippen molar-refractivity contribution >= 4 is 35.8 Å². The van der Waals surface area contributed by atoms with Crippen LogP contribution >= 0.6 is 11.6 Å². The number of nitrogens with zero attached hydrogens (tertiary/aromatic N) is 3. The predicted octanol–water partition coefficient (Wildman–Crippen LogP) is 3.65. The Morgan fingerprint density at radius 3 is 2.46 bits per heavy atom. The lowest BCUT2D eigenvalue weighted by atomic mass is 10.2. The van der Waals surface area contributed by atoms with E-state index in [-0.39, 0.29) is 23.8 Å². The lowest BCUT2D eigenvalue weighted by molar-refractivity contribution is -0.274. The highest BCUT2D eigenvalue weighted by molar-refractivity contribution is 6.30. The van der Waals surface area contributed by atoms with Gasteiger partial charge in [-0.3, -0.25) is 13.9 Å². The van der Waals surface area contributed by atoms with Crippen molar-refractivity contribution in [3.8, 4) is 11.5 Å². The Bertz CT molecular complexity index is 1350. The molecular formula is C22H18ClF3N4O5. The van der Waals surface area contributed by atoms with Gasteiger partial charge in [-0.1, -0.05) is 29.8 Å². The molecule has 0 aliphatic carbocycles. The van der Waals surface area contributed by atoms with Crippen molar-refractivity contribution in [2.24, 2.45) is 12.0 Å². The smallest absolute Gasteiger partial charge is 0.446 e. The van der Waals surface area contributed by atoms with E-state index in [9.17, 15) is 27.6 Å². The Hall–Kier alpha value is -4.06. The number of carbonyl (C=O) groups is 1. The number of alkyl halides is 3. The van der Waals surface area contributed by atoms with Gasteiger partial charge in [0, 0.05) is 24.7 Å². The van der Waals surface area contributed by atoms with Crippen LogP contribution in [0.5, 0.6) is 11.5 Å². The summed E-state index contributed by atoms with van der Waals surface area (Å²) in [7, 11) is 1.33. The summed E-state index contributed by atoms with van der Waals surface area (Å²) in [5, 5.41) is 3.43. The maximum atomic E-state index is 12.9. The molecule has 35 heavy (non-hydrogen) atoms. The molecule has 9 nitrogen and oxygen atoms in total. The standard InChI is InChI=1S/C22H18ClF3N4O5/c1-29-19(28-13-34-16-3-2-4-17(11-16)35-22(24,25)26)18(20(32)30(9-10-31)21(29)33)27-12-14-5-7-15(23)8-6-14/h2-8,10-11,13,27H,9,12H2,1H3/b28-13+. The number of rotatable bonds is 9. The molecule has 13 heteroatoms. The second-order valence-corrected chi connectivity index (χ2v) is 7.41. The van der Waals surface area contributed by atoms with Crippen LogP contribution in [0.15, 0.2) is 63.1 Å². The highest BCUT2D eigenvalue weighted by atomic mass is 35.5. The van der Waals surface area contributed by atoms with Gasteiger partial charge in [0.2, 0.25) is 0 Å². The fourth-order valence-electron chi connectivity index (χ4n) is 2.97. The van der Waals surface area contributed by atoms with Gasteiger partial charge in [-0.15, -0.1) is 13.2 Å². The molecular weight excluding hydrogens is 493 g/mol. The molecule has 1 aromatic heterocycles. The van der Waals surface area contributed by atoms with Gasteiger partial charge in [-0.2, -0.15) is 4.99 Å². The van der Waals surface area contributed by atoms with E-state index >= 15 is 0 Å². The molecule has 0 saturated carbocycles. The minimum atomic E-state index is -4.87. The lowest BCUT2D eigenvalue weighted by Gasteiger charge is -2.14. The first-order valence-corrected chi connectivity index (χ1v) is 10.3. The van der Waals surface area contributed by atoms with E-state index in [1.165, 1.54) is 19.2 Å². The molecule has 0 radical (unpaired) electrons. The largest absolute Gasteiger partial charge is 0.573 e. The predicted molar refractivity (Wildman–Crippen MR) is 123 cm³/mol. The van der Waals surface area contributed by atoms with Crippen LogP contribution in [0.4, 0.5) is 24.7 Å². The highest BCUT2D eigenvalue weighted by Gasteiger charge is 2.31. The number of benzene rings is 2. The van der Waals surface area contributed by atoms with Crippen molar-refractivity contribution in [1.82, 2.24) is 9.13 Å². The topological polar surface area (TPSA) is 104 Å². The van der Waals surface area contributed by atoms with E-state index < -0.39 is 29.9 Å². The number of nitrogens with one attached hydrogen (secondary N) is 1. The van der Waals surface area contributed by atoms with Crippen LogP contribution in [-0.4, -0.2) is 28.2 Å². The maximum absolute atomic E-state index is 12.9.